The molecule has 0 saturated heterocycles. The number of aliphatic hydroxyl groups excluding tert-OH is 1. The van der Waals surface area contributed by atoms with E-state index < -0.39 is 11.4 Å². The van der Waals surface area contributed by atoms with E-state index in [0.717, 1.165) is 0 Å². The van der Waals surface area contributed by atoms with Gasteiger partial charge in [0.05, 0.1) is 5.69 Å². The monoisotopic (exact) mass is 279 g/mol. The molecule has 1 aromatic carbocycles. The number of amides is 1. The van der Waals surface area contributed by atoms with Crippen LogP contribution in [-0.2, 0) is 4.79 Å². The van der Waals surface area contributed by atoms with Gasteiger partial charge in [0, 0.05) is 17.9 Å². The molecule has 1 amide bonds. The van der Waals surface area contributed by atoms with Gasteiger partial charge in [-0.2, -0.15) is 13.2 Å². The lowest BCUT2D eigenvalue weighted by Crippen LogP contribution is -2.13. The first-order chi connectivity index (χ1) is 8.42. The molecule has 0 radical (unpaired) electrons. The Bertz CT molecular complexity index is 410. The zero-order valence-corrected chi connectivity index (χ0v) is 10.1. The molecule has 0 aliphatic rings. The average molecular weight is 279 g/mol. The lowest BCUT2D eigenvalue weighted by molar-refractivity contribution is -0.116. The molecule has 0 atom stereocenters. The summed E-state index contributed by atoms with van der Waals surface area (Å²) in [7, 11) is 0. The summed E-state index contributed by atoms with van der Waals surface area (Å²) in [6.45, 7) is -0.133. The molecule has 0 saturated carbocycles. The Kier molecular flexibility index (Phi) is 5.49. The van der Waals surface area contributed by atoms with Crippen molar-refractivity contribution in [2.75, 3.05) is 11.9 Å². The number of anilines is 1. The summed E-state index contributed by atoms with van der Waals surface area (Å²) in [6, 6.07) is 5.71. The van der Waals surface area contributed by atoms with Gasteiger partial charge in [-0.3, -0.25) is 4.79 Å². The van der Waals surface area contributed by atoms with Gasteiger partial charge in [0.25, 0.3) is 0 Å². The standard InChI is InChI=1S/C11H12F3NO2S/c12-11(13,14)18-9-5-2-1-4-8(9)15-10(17)6-3-7-16/h1-2,4-5,16H,3,6-7H2,(H,15,17). The molecule has 0 heterocycles. The highest BCUT2D eigenvalue weighted by Crippen LogP contribution is 2.40. The molecule has 0 unspecified atom stereocenters. The van der Waals surface area contributed by atoms with E-state index in [2.05, 4.69) is 5.32 Å². The average Bonchev–Trinajstić information content (AvgIpc) is 2.27. The Balaban J connectivity index is 2.73. The predicted octanol–water partition coefficient (Wildman–Crippen LogP) is 3.01. The van der Waals surface area contributed by atoms with Crippen molar-refractivity contribution < 1.29 is 23.1 Å². The predicted molar refractivity (Wildman–Crippen MR) is 63.3 cm³/mol. The highest BCUT2D eigenvalue weighted by molar-refractivity contribution is 8.00. The number of carbonyl (C=O) groups is 1. The summed E-state index contributed by atoms with van der Waals surface area (Å²) in [4.78, 5) is 11.3. The van der Waals surface area contributed by atoms with Gasteiger partial charge in [-0.15, -0.1) is 0 Å². The number of para-hydroxylation sites is 1. The van der Waals surface area contributed by atoms with E-state index in [1.165, 1.54) is 18.2 Å². The highest BCUT2D eigenvalue weighted by atomic mass is 32.2. The number of benzene rings is 1. The van der Waals surface area contributed by atoms with E-state index >= 15 is 0 Å². The molecule has 7 heteroatoms. The minimum Gasteiger partial charge on any atom is -0.396 e. The van der Waals surface area contributed by atoms with Crippen molar-refractivity contribution in [2.24, 2.45) is 0 Å². The van der Waals surface area contributed by atoms with Gasteiger partial charge in [0.2, 0.25) is 5.91 Å². The van der Waals surface area contributed by atoms with E-state index in [9.17, 15) is 18.0 Å². The summed E-state index contributed by atoms with van der Waals surface area (Å²) < 4.78 is 36.8. The van der Waals surface area contributed by atoms with E-state index in [-0.39, 0.29) is 41.8 Å². The Morgan fingerprint density at radius 1 is 1.33 bits per heavy atom. The van der Waals surface area contributed by atoms with E-state index in [4.69, 9.17) is 5.11 Å². The maximum atomic E-state index is 12.3. The first-order valence-electron chi connectivity index (χ1n) is 5.18. The second-order valence-electron chi connectivity index (χ2n) is 3.42. The van der Waals surface area contributed by atoms with Crippen LogP contribution in [0.4, 0.5) is 18.9 Å². The number of hydrogen-bond acceptors (Lipinski definition) is 3. The Morgan fingerprint density at radius 2 is 2.00 bits per heavy atom. The number of carbonyl (C=O) groups excluding carboxylic acids is 1. The molecule has 0 spiro atoms. The summed E-state index contributed by atoms with van der Waals surface area (Å²) in [6.07, 6.45) is 0.349. The maximum absolute atomic E-state index is 12.3. The van der Waals surface area contributed by atoms with Gasteiger partial charge in [-0.05, 0) is 30.3 Å². The van der Waals surface area contributed by atoms with Crippen molar-refractivity contribution in [1.82, 2.24) is 0 Å². The maximum Gasteiger partial charge on any atom is 0.446 e. The van der Waals surface area contributed by atoms with E-state index in [0.29, 0.717) is 0 Å². The quantitative estimate of drug-likeness (QED) is 0.815. The zero-order valence-electron chi connectivity index (χ0n) is 9.33. The van der Waals surface area contributed by atoms with Gasteiger partial charge in [0.15, 0.2) is 0 Å². The number of halogens is 3. The van der Waals surface area contributed by atoms with Crippen LogP contribution in [0.5, 0.6) is 0 Å². The number of aliphatic hydroxyl groups is 1. The normalized spacial score (nSPS) is 11.3. The van der Waals surface area contributed by atoms with Crippen molar-refractivity contribution >= 4 is 23.4 Å². The summed E-state index contributed by atoms with van der Waals surface area (Å²) >= 11 is -0.271. The van der Waals surface area contributed by atoms with Crippen LogP contribution < -0.4 is 5.32 Å². The third kappa shape index (κ3) is 5.42. The van der Waals surface area contributed by atoms with Crippen LogP contribution in [0.15, 0.2) is 29.2 Å². The van der Waals surface area contributed by atoms with Crippen molar-refractivity contribution in [2.45, 2.75) is 23.2 Å². The largest absolute Gasteiger partial charge is 0.446 e. The lowest BCUT2D eigenvalue weighted by Gasteiger charge is -2.11. The van der Waals surface area contributed by atoms with Crippen LogP contribution in [0.25, 0.3) is 0 Å². The third-order valence-corrected chi connectivity index (χ3v) is 2.76. The second kappa shape index (κ2) is 6.65. The minimum absolute atomic E-state index is 0.0534. The number of alkyl halides is 3. The van der Waals surface area contributed by atoms with Crippen LogP contribution >= 0.6 is 11.8 Å². The van der Waals surface area contributed by atoms with Crippen LogP contribution in [-0.4, -0.2) is 23.1 Å². The van der Waals surface area contributed by atoms with Crippen molar-refractivity contribution in [3.8, 4) is 0 Å². The zero-order chi connectivity index (χ0) is 13.6. The molecule has 18 heavy (non-hydrogen) atoms. The number of nitrogens with one attached hydrogen (secondary N) is 1. The summed E-state index contributed by atoms with van der Waals surface area (Å²) in [5, 5.41) is 11.0. The number of rotatable bonds is 5. The molecule has 0 bridgehead atoms. The van der Waals surface area contributed by atoms with Crippen molar-refractivity contribution in [1.29, 1.82) is 0 Å². The van der Waals surface area contributed by atoms with Crippen LogP contribution in [0, 0.1) is 0 Å². The molecule has 0 aliphatic heterocycles. The molecule has 0 fully saturated rings. The van der Waals surface area contributed by atoms with E-state index in [1.54, 1.807) is 6.07 Å². The summed E-state index contributed by atoms with van der Waals surface area (Å²) in [5.41, 5.74) is -4.27. The second-order valence-corrected chi connectivity index (χ2v) is 4.53. The fraction of sp³-hybridized carbons (Fsp3) is 0.364. The van der Waals surface area contributed by atoms with Gasteiger partial charge in [-0.25, -0.2) is 0 Å². The molecular formula is C11H12F3NO2S. The lowest BCUT2D eigenvalue weighted by atomic mass is 10.2. The van der Waals surface area contributed by atoms with Crippen LogP contribution in [0.1, 0.15) is 12.8 Å². The third-order valence-electron chi connectivity index (χ3n) is 1.95. The first kappa shape index (κ1) is 14.8. The Hall–Kier alpha value is -1.21. The smallest absolute Gasteiger partial charge is 0.396 e. The molecule has 3 nitrogen and oxygen atoms in total. The van der Waals surface area contributed by atoms with Gasteiger partial charge < -0.3 is 10.4 Å². The first-order valence-corrected chi connectivity index (χ1v) is 5.99. The van der Waals surface area contributed by atoms with Crippen molar-refractivity contribution in [3.05, 3.63) is 24.3 Å². The van der Waals surface area contributed by atoms with Gasteiger partial charge >= 0.3 is 5.51 Å². The van der Waals surface area contributed by atoms with Gasteiger partial charge in [-0.1, -0.05) is 12.1 Å². The van der Waals surface area contributed by atoms with Crippen LogP contribution in [0.2, 0.25) is 0 Å². The minimum atomic E-state index is -4.40. The highest BCUT2D eigenvalue weighted by Gasteiger charge is 2.30. The summed E-state index contributed by atoms with van der Waals surface area (Å²) in [5.74, 6) is -0.417. The number of thioether (sulfide) groups is 1. The fourth-order valence-electron chi connectivity index (χ4n) is 1.24. The van der Waals surface area contributed by atoms with Crippen LogP contribution in [0.3, 0.4) is 0 Å². The topological polar surface area (TPSA) is 49.3 Å². The SMILES string of the molecule is O=C(CCCO)Nc1ccccc1SC(F)(F)F. The van der Waals surface area contributed by atoms with E-state index in [1.807, 2.05) is 0 Å². The molecule has 0 aliphatic carbocycles. The fourth-order valence-corrected chi connectivity index (χ4v) is 1.86. The molecule has 1 aromatic rings. The van der Waals surface area contributed by atoms with Crippen molar-refractivity contribution in [3.63, 3.8) is 0 Å². The molecular weight excluding hydrogens is 267 g/mol. The molecule has 0 aromatic heterocycles. The Labute approximate surface area is 106 Å². The Morgan fingerprint density at radius 3 is 2.61 bits per heavy atom. The number of hydrogen-bond donors (Lipinski definition) is 2. The molecule has 100 valence electrons. The van der Waals surface area contributed by atoms with Gasteiger partial charge in [0.1, 0.15) is 0 Å². The molecule has 2 N–H and O–H groups in total. The molecule has 1 rings (SSSR count).